The monoisotopic (exact) mass is 1990 g/mol. The lowest BCUT2D eigenvalue weighted by atomic mass is 9.34. The highest BCUT2D eigenvalue weighted by atomic mass is 16.5. The molecule has 0 amide bonds. The average molecular weight is 1990 g/mol. The normalized spacial score (nSPS) is 45.2. The number of piperazine rings is 1. The van der Waals surface area contributed by atoms with Crippen LogP contribution in [0.2, 0.25) is 0 Å². The van der Waals surface area contributed by atoms with Gasteiger partial charge in [0.1, 0.15) is 11.6 Å². The highest BCUT2D eigenvalue weighted by molar-refractivity contribution is 6.09. The van der Waals surface area contributed by atoms with Gasteiger partial charge in [-0.05, 0) is 443 Å². The van der Waals surface area contributed by atoms with Crippen molar-refractivity contribution in [2.45, 2.75) is 406 Å². The summed E-state index contributed by atoms with van der Waals surface area (Å²) in [6.07, 6.45) is 63.3. The zero-order valence-electron chi connectivity index (χ0n) is 96.6. The number of aliphatic hydroxyl groups excluding tert-OH is 2. The van der Waals surface area contributed by atoms with Crippen LogP contribution in [-0.2, 0) is 38.2 Å². The number of hydrogen-bond donors (Lipinski definition) is 2. The molecule has 2 saturated heterocycles. The summed E-state index contributed by atoms with van der Waals surface area (Å²) in [4.78, 5) is 85.4. The standard InChI is InChI=1S/C34H50N2O2.C34H49NO2.C33H46O3.C32H44O3/c1-23-24-8-9-27-32(4,25(24)20-26(37)29(23)38)13-15-34(6)28-21-30(2,22-36-18-16-35(7)17-19-36)10-11-31(28,3)12-14-33(27,34)5;1-23-24-10-11-27-32(4,25(24)20-26(36)29(23)37)15-17-34(6)28-21-30(2,22-35-18-8-7-9-19-35)12-13-31(28,3)14-16-33(27,34)5;1-20(2)36-28-21(3)23-10-11-26-31(7,24(23)18-25(28)35)15-17-33(9)27-19-30(6,22(4)34)13-12-29(27,5)14-16-32(26,33)8;1-9-35-27-20(2)22-10-11-25-30(6,23(22)18-24(27)34)15-17-32(8)26-19-29(5,21(3)33)13-12-28(26,4)14-16-31(25,32)7/h8-9,20,28,38H,10-19,21-22H2,1-7H3;10-11,20,28,37H,7-9,12-19,21-22H2,1-6H3;10-11,18,20,27H,12-17,19H2,1-9H3;10-11,18,26H,9,12-17,19H2,1-8H3/t2*28-,30-,31-,32+,33-,34+;27-,29-,30-,31+,32-,33+;26-,28-,29-,30+,31-,32+/m1111/s1. The number of carbonyl (C=O) groups excluding carboxylic acids is 6. The molecule has 24 atom stereocenters. The number of likely N-dealkylation sites (N-methyl/N-ethyl adjacent to an activating group) is 1. The number of ketones is 6. The number of fused-ring (bicyclic) bond motifs is 28. The van der Waals surface area contributed by atoms with E-state index in [1.54, 1.807) is 37.1 Å². The first-order valence-corrected chi connectivity index (χ1v) is 58.4. The van der Waals surface area contributed by atoms with Crippen LogP contribution in [0.15, 0.2) is 185 Å². The number of ether oxygens (including phenoxy) is 2. The zero-order chi connectivity index (χ0) is 106. The fourth-order valence-electron chi connectivity index (χ4n) is 38.8. The van der Waals surface area contributed by atoms with E-state index in [0.717, 1.165) is 128 Å². The first kappa shape index (κ1) is 107. The first-order valence-electron chi connectivity index (χ1n) is 58.4. The number of rotatable bonds is 10. The third kappa shape index (κ3) is 15.8. The molecule has 13 heteroatoms. The van der Waals surface area contributed by atoms with E-state index in [1.807, 2.05) is 60.6 Å². The molecule has 22 aliphatic rings. The predicted octanol–water partition coefficient (Wildman–Crippen LogP) is 30.7. The smallest absolute Gasteiger partial charge is 0.221 e. The summed E-state index contributed by atoms with van der Waals surface area (Å²) in [5, 5.41) is 20.8. The fourth-order valence-corrected chi connectivity index (χ4v) is 38.8. The summed E-state index contributed by atoms with van der Waals surface area (Å²) in [5.74, 6) is 3.65. The quantitative estimate of drug-likeness (QED) is 0.212. The van der Waals surface area contributed by atoms with Crippen molar-refractivity contribution in [2.75, 3.05) is 66.0 Å². The van der Waals surface area contributed by atoms with E-state index in [2.05, 4.69) is 209 Å². The SMILES string of the molecule is CC(=O)[C@]1(C)CC[C@]2(C)CC[C@]3(C)C4=CC=C5C(=CC(=O)C(OC(C)C)=C5C)[C@]4(C)CC[C@@]3(C)[C@@H]2C1.CC1=C(O)C(=O)C=C2C1=CC=C1[C@@]2(C)CC[C@@]2(C)[C@@H]3C[C@](C)(CN4CCCCC4)CC[C@]3(C)CC[C@]12C.CC1=C(O)C(=O)C=C2C1=CC=C1[C@@]2(C)CC[C@@]2(C)[C@@H]3C[C@](C)(CN4CCN(C)CC4)CC[C@]3(C)CC[C@]12C.CCOC1=C(C)C2=CC=C3[C@@](C)(CC[C@@]4(C)[C@@H]5C[C@](C)(C(C)=O)CC[C@]5(C)CC[C@]34C)C2=CC1=O. The van der Waals surface area contributed by atoms with Gasteiger partial charge in [-0.2, -0.15) is 0 Å². The number of aliphatic hydroxyl groups is 2. The van der Waals surface area contributed by atoms with E-state index >= 15 is 0 Å². The minimum absolute atomic E-state index is 0.00929. The molecule has 0 unspecified atom stereocenters. The largest absolute Gasteiger partial charge is 0.504 e. The summed E-state index contributed by atoms with van der Waals surface area (Å²) >= 11 is 0. The maximum atomic E-state index is 13.3. The van der Waals surface area contributed by atoms with Crippen LogP contribution in [0.25, 0.3) is 0 Å². The molecular weight excluding hydrogens is 1800 g/mol. The number of piperidine rings is 1. The molecule has 22 rings (SSSR count). The molecule has 2 aliphatic heterocycles. The lowest BCUT2D eigenvalue weighted by molar-refractivity contribution is -0.167. The Morgan fingerprint density at radius 1 is 0.342 bits per heavy atom. The fraction of sp³-hybridized carbons (Fsp3) is 0.714. The summed E-state index contributed by atoms with van der Waals surface area (Å²) in [6, 6.07) is 0. The first-order chi connectivity index (χ1) is 68.0. The van der Waals surface area contributed by atoms with Gasteiger partial charge in [0.25, 0.3) is 0 Å². The molecule has 12 saturated carbocycles. The molecule has 796 valence electrons. The molecule has 2 N–H and O–H groups in total. The summed E-state index contributed by atoms with van der Waals surface area (Å²) in [5.41, 5.74) is 21.1. The molecule has 0 aromatic carbocycles. The van der Waals surface area contributed by atoms with Gasteiger partial charge in [0.05, 0.1) is 12.7 Å². The molecule has 14 fully saturated rings. The van der Waals surface area contributed by atoms with E-state index in [-0.39, 0.29) is 117 Å². The van der Waals surface area contributed by atoms with Crippen molar-refractivity contribution >= 4 is 34.7 Å². The van der Waals surface area contributed by atoms with Crippen LogP contribution in [0.4, 0.5) is 0 Å². The van der Waals surface area contributed by atoms with Gasteiger partial charge >= 0.3 is 0 Å². The Labute approximate surface area is 881 Å². The second kappa shape index (κ2) is 35.8. The van der Waals surface area contributed by atoms with Gasteiger partial charge in [0.2, 0.25) is 23.1 Å². The van der Waals surface area contributed by atoms with Crippen molar-refractivity contribution < 1.29 is 48.5 Å². The lowest BCUT2D eigenvalue weighted by Gasteiger charge is -2.70. The van der Waals surface area contributed by atoms with Gasteiger partial charge < -0.3 is 34.4 Å². The van der Waals surface area contributed by atoms with Crippen LogP contribution >= 0.6 is 0 Å². The third-order valence-corrected chi connectivity index (χ3v) is 50.2. The van der Waals surface area contributed by atoms with Gasteiger partial charge in [-0.1, -0.05) is 216 Å². The molecule has 0 spiro atoms. The molecular formula is C133H189N3O10. The Balaban J connectivity index is 0.000000123. The van der Waals surface area contributed by atoms with Crippen LogP contribution in [0.1, 0.15) is 400 Å². The van der Waals surface area contributed by atoms with Crippen LogP contribution in [0.3, 0.4) is 0 Å². The van der Waals surface area contributed by atoms with E-state index in [1.165, 1.54) is 208 Å². The van der Waals surface area contributed by atoms with Crippen molar-refractivity contribution in [3.63, 3.8) is 0 Å². The highest BCUT2D eigenvalue weighted by Gasteiger charge is 2.74. The Hall–Kier alpha value is -7.06. The topological polar surface area (TPSA) is 171 Å². The second-order valence-corrected chi connectivity index (χ2v) is 58.5. The minimum atomic E-state index is -0.223. The number of hydrogen-bond acceptors (Lipinski definition) is 13. The molecule has 20 aliphatic carbocycles. The van der Waals surface area contributed by atoms with Crippen molar-refractivity contribution in [1.82, 2.24) is 14.7 Å². The van der Waals surface area contributed by atoms with Gasteiger partial charge in [0.15, 0.2) is 23.0 Å². The van der Waals surface area contributed by atoms with Crippen LogP contribution in [-0.4, -0.2) is 132 Å². The molecule has 0 bridgehead atoms. The second-order valence-electron chi connectivity index (χ2n) is 58.5. The summed E-state index contributed by atoms with van der Waals surface area (Å²) < 4.78 is 11.7. The maximum Gasteiger partial charge on any atom is 0.221 e. The van der Waals surface area contributed by atoms with Gasteiger partial charge in [0, 0.05) is 94.1 Å². The van der Waals surface area contributed by atoms with E-state index in [0.29, 0.717) is 79.9 Å². The molecule has 13 nitrogen and oxygen atoms in total. The molecule has 0 aromatic rings. The average Bonchev–Trinajstić information content (AvgIpc) is 0.687. The number of likely N-dealkylation sites (tertiary alicyclic amines) is 1. The number of Topliss-reactive ketones (excluding diaryl/α,β-unsaturated/α-hetero) is 2. The van der Waals surface area contributed by atoms with Gasteiger partial charge in [-0.15, -0.1) is 0 Å². The molecule has 146 heavy (non-hydrogen) atoms. The van der Waals surface area contributed by atoms with E-state index in [9.17, 15) is 39.0 Å². The van der Waals surface area contributed by atoms with Crippen molar-refractivity contribution in [1.29, 1.82) is 0 Å². The van der Waals surface area contributed by atoms with Gasteiger partial charge in [-0.3, -0.25) is 28.8 Å². The molecule has 0 aromatic heterocycles. The van der Waals surface area contributed by atoms with Crippen molar-refractivity contribution in [2.24, 2.45) is 132 Å². The van der Waals surface area contributed by atoms with Crippen molar-refractivity contribution in [3.8, 4) is 0 Å². The van der Waals surface area contributed by atoms with E-state index < -0.39 is 0 Å². The van der Waals surface area contributed by atoms with E-state index in [4.69, 9.17) is 9.47 Å². The maximum absolute atomic E-state index is 13.3. The van der Waals surface area contributed by atoms with Crippen LogP contribution in [0.5, 0.6) is 0 Å². The third-order valence-electron chi connectivity index (χ3n) is 50.2. The Kier molecular flexibility index (Phi) is 26.3. The molecule has 2 heterocycles. The number of nitrogens with zero attached hydrogens (tertiary/aromatic N) is 3. The van der Waals surface area contributed by atoms with Crippen molar-refractivity contribution in [3.05, 3.63) is 185 Å². The lowest BCUT2D eigenvalue weighted by Crippen LogP contribution is -2.62. The number of allylic oxidation sites excluding steroid dienone is 28. The van der Waals surface area contributed by atoms with Gasteiger partial charge in [-0.25, -0.2) is 0 Å². The Morgan fingerprint density at radius 2 is 0.623 bits per heavy atom. The Morgan fingerprint density at radius 3 is 0.938 bits per heavy atom. The zero-order valence-corrected chi connectivity index (χ0v) is 96.6. The number of carbonyl (C=O) groups is 6. The summed E-state index contributed by atoms with van der Waals surface area (Å²) in [6.45, 7) is 77.8. The summed E-state index contributed by atoms with van der Waals surface area (Å²) in [7, 11) is 2.25. The minimum Gasteiger partial charge on any atom is -0.504 e. The predicted molar refractivity (Wildman–Crippen MR) is 592 cm³/mol. The van der Waals surface area contributed by atoms with Crippen LogP contribution < -0.4 is 0 Å². The molecule has 0 radical (unpaired) electrons. The highest BCUT2D eigenvalue weighted by Crippen LogP contribution is 2.82. The van der Waals surface area contributed by atoms with Crippen LogP contribution in [0, 0.1) is 132 Å². The Bertz CT molecular complexity index is 6080.